The molecule has 4 aromatic rings. The van der Waals surface area contributed by atoms with E-state index in [2.05, 4.69) is 20.4 Å². The van der Waals surface area contributed by atoms with Gasteiger partial charge in [0.2, 0.25) is 5.91 Å². The third kappa shape index (κ3) is 4.12. The van der Waals surface area contributed by atoms with Crippen molar-refractivity contribution in [3.05, 3.63) is 82.3 Å². The zero-order chi connectivity index (χ0) is 23.7. The number of hydrogen-bond acceptors (Lipinski definition) is 6. The van der Waals surface area contributed by atoms with Gasteiger partial charge < -0.3 is 11.1 Å². The quantitative estimate of drug-likeness (QED) is 0.486. The molecule has 0 fully saturated rings. The monoisotopic (exact) mass is 443 g/mol. The summed E-state index contributed by atoms with van der Waals surface area (Å²) in [7, 11) is 0. The summed E-state index contributed by atoms with van der Waals surface area (Å²) in [6.07, 6.45) is 1.48. The molecule has 33 heavy (non-hydrogen) atoms. The lowest BCUT2D eigenvalue weighted by atomic mass is 10.1. The number of primary amides is 1. The van der Waals surface area contributed by atoms with E-state index in [0.717, 1.165) is 0 Å². The Kier molecular flexibility index (Phi) is 5.54. The highest BCUT2D eigenvalue weighted by molar-refractivity contribution is 6.10. The van der Waals surface area contributed by atoms with Crippen LogP contribution >= 0.6 is 0 Å². The maximum absolute atomic E-state index is 14.2. The highest BCUT2D eigenvalue weighted by atomic mass is 19.1. The number of carbonyl (C=O) groups is 2. The maximum atomic E-state index is 14.2. The molecule has 10 heteroatoms. The molecule has 0 spiro atoms. The first-order valence-corrected chi connectivity index (χ1v) is 9.88. The minimum Gasteiger partial charge on any atom is -0.366 e. The van der Waals surface area contributed by atoms with Crippen molar-refractivity contribution in [1.82, 2.24) is 19.7 Å². The van der Waals surface area contributed by atoms with E-state index in [9.17, 15) is 14.0 Å². The average molecular weight is 443 g/mol. The topological polar surface area (TPSA) is 140 Å². The predicted molar refractivity (Wildman–Crippen MR) is 118 cm³/mol. The number of rotatable bonds is 5. The fourth-order valence-corrected chi connectivity index (χ4v) is 3.50. The van der Waals surface area contributed by atoms with E-state index >= 15 is 0 Å². The van der Waals surface area contributed by atoms with Crippen molar-refractivity contribution in [2.45, 2.75) is 20.4 Å². The minimum atomic E-state index is -0.864. The van der Waals surface area contributed by atoms with Crippen molar-refractivity contribution in [3.63, 3.8) is 0 Å². The molecule has 3 aromatic heterocycles. The number of pyridine rings is 2. The molecule has 164 valence electrons. The number of carbonyl (C=O) groups excluding carboxylic acids is 2. The third-order valence-corrected chi connectivity index (χ3v) is 5.17. The summed E-state index contributed by atoms with van der Waals surface area (Å²) in [5.41, 5.74) is 8.23. The van der Waals surface area contributed by atoms with Crippen LogP contribution in [0.25, 0.3) is 10.9 Å². The largest absolute Gasteiger partial charge is 0.366 e. The molecule has 1 aromatic carbocycles. The third-order valence-electron chi connectivity index (χ3n) is 5.17. The molecule has 4 rings (SSSR count). The molecular formula is C23H18FN7O2. The lowest BCUT2D eigenvalue weighted by Crippen LogP contribution is -2.18. The first-order chi connectivity index (χ1) is 15.8. The van der Waals surface area contributed by atoms with Crippen molar-refractivity contribution >= 4 is 28.4 Å². The molecule has 0 aliphatic carbocycles. The number of nitriles is 1. The lowest BCUT2D eigenvalue weighted by molar-refractivity contribution is 0.100. The minimum absolute atomic E-state index is 0.0309. The lowest BCUT2D eigenvalue weighted by Gasteiger charge is -2.10. The first kappa shape index (κ1) is 21.6. The Labute approximate surface area is 187 Å². The Hall–Kier alpha value is -4.65. The molecule has 0 radical (unpaired) electrons. The summed E-state index contributed by atoms with van der Waals surface area (Å²) in [5.74, 6) is -2.10. The van der Waals surface area contributed by atoms with E-state index in [1.54, 1.807) is 30.7 Å². The fourth-order valence-electron chi connectivity index (χ4n) is 3.50. The molecule has 0 aliphatic rings. The van der Waals surface area contributed by atoms with E-state index in [-0.39, 0.29) is 22.2 Å². The molecule has 3 N–H and O–H groups in total. The van der Waals surface area contributed by atoms with Gasteiger partial charge in [0.1, 0.15) is 17.6 Å². The van der Waals surface area contributed by atoms with Crippen LogP contribution in [0.5, 0.6) is 0 Å². The van der Waals surface area contributed by atoms with Gasteiger partial charge in [-0.3, -0.25) is 19.3 Å². The standard InChI is InChI=1S/C23H18FN7O2/c1-12-21(13(2)31(30-12)11-15-7-6-14(9-25)10-27-15)29-23(33)19-8-16(22(26)32)20-17(24)4-3-5-18(20)28-19/h3-8,10H,11H2,1-2H3,(H2,26,32)(H,29,33). The number of amides is 2. The van der Waals surface area contributed by atoms with Crippen LogP contribution in [0.1, 0.15) is 43.5 Å². The summed E-state index contributed by atoms with van der Waals surface area (Å²) in [4.78, 5) is 33.3. The van der Waals surface area contributed by atoms with Gasteiger partial charge in [-0.2, -0.15) is 10.4 Å². The van der Waals surface area contributed by atoms with E-state index < -0.39 is 17.6 Å². The van der Waals surface area contributed by atoms with Crippen LogP contribution in [0.2, 0.25) is 0 Å². The molecule has 9 nitrogen and oxygen atoms in total. The van der Waals surface area contributed by atoms with Crippen LogP contribution in [0.15, 0.2) is 42.6 Å². The van der Waals surface area contributed by atoms with Crippen LogP contribution in [0.3, 0.4) is 0 Å². The summed E-state index contributed by atoms with van der Waals surface area (Å²) >= 11 is 0. The number of nitrogens with two attached hydrogens (primary N) is 1. The summed E-state index contributed by atoms with van der Waals surface area (Å²) < 4.78 is 15.9. The van der Waals surface area contributed by atoms with Crippen LogP contribution in [0, 0.1) is 31.0 Å². The molecule has 0 bridgehead atoms. The van der Waals surface area contributed by atoms with Crippen LogP contribution in [0.4, 0.5) is 10.1 Å². The van der Waals surface area contributed by atoms with Crippen LogP contribution in [-0.4, -0.2) is 31.6 Å². The Balaban J connectivity index is 1.64. The number of fused-ring (bicyclic) bond motifs is 1. The van der Waals surface area contributed by atoms with Crippen molar-refractivity contribution in [1.29, 1.82) is 5.26 Å². The van der Waals surface area contributed by atoms with Crippen molar-refractivity contribution < 1.29 is 14.0 Å². The second kappa shape index (κ2) is 8.47. The molecular weight excluding hydrogens is 425 g/mol. The van der Waals surface area contributed by atoms with E-state index in [1.165, 1.54) is 30.5 Å². The molecule has 0 unspecified atom stereocenters. The fraction of sp³-hybridized carbons (Fsp3) is 0.130. The Morgan fingerprint density at radius 1 is 1.24 bits per heavy atom. The van der Waals surface area contributed by atoms with E-state index in [0.29, 0.717) is 34.9 Å². The second-order valence-corrected chi connectivity index (χ2v) is 7.36. The van der Waals surface area contributed by atoms with Gasteiger partial charge in [-0.25, -0.2) is 9.37 Å². The van der Waals surface area contributed by atoms with Gasteiger partial charge in [0, 0.05) is 11.6 Å². The van der Waals surface area contributed by atoms with Crippen molar-refractivity contribution in [3.8, 4) is 6.07 Å². The molecule has 3 heterocycles. The van der Waals surface area contributed by atoms with Gasteiger partial charge in [-0.05, 0) is 44.2 Å². The zero-order valence-corrected chi connectivity index (χ0v) is 17.8. The first-order valence-electron chi connectivity index (χ1n) is 9.88. The maximum Gasteiger partial charge on any atom is 0.274 e. The SMILES string of the molecule is Cc1nn(Cc2ccc(C#N)cn2)c(C)c1NC(=O)c1cc(C(N)=O)c2c(F)cccc2n1. The van der Waals surface area contributed by atoms with Gasteiger partial charge in [-0.15, -0.1) is 0 Å². The summed E-state index contributed by atoms with van der Waals surface area (Å²) in [6, 6.07) is 10.7. The Morgan fingerprint density at radius 2 is 2.03 bits per heavy atom. The number of hydrogen-bond donors (Lipinski definition) is 2. The number of aryl methyl sites for hydroxylation is 1. The Morgan fingerprint density at radius 3 is 2.70 bits per heavy atom. The number of nitrogens with zero attached hydrogens (tertiary/aromatic N) is 5. The van der Waals surface area contributed by atoms with Gasteiger partial charge in [-0.1, -0.05) is 6.07 Å². The average Bonchev–Trinajstić information content (AvgIpc) is 3.06. The molecule has 2 amide bonds. The molecule has 0 aliphatic heterocycles. The summed E-state index contributed by atoms with van der Waals surface area (Å²) in [5, 5.41) is 16.1. The molecule has 0 saturated carbocycles. The summed E-state index contributed by atoms with van der Waals surface area (Å²) in [6.45, 7) is 3.87. The Bertz CT molecular complexity index is 1450. The predicted octanol–water partition coefficient (Wildman–Crippen LogP) is 2.85. The smallest absolute Gasteiger partial charge is 0.274 e. The number of halogens is 1. The number of aromatic nitrogens is 4. The molecule has 0 atom stereocenters. The van der Waals surface area contributed by atoms with E-state index in [1.807, 2.05) is 6.07 Å². The zero-order valence-electron chi connectivity index (χ0n) is 17.8. The highest BCUT2D eigenvalue weighted by Crippen LogP contribution is 2.24. The molecule has 0 saturated heterocycles. The normalized spacial score (nSPS) is 10.7. The van der Waals surface area contributed by atoms with Gasteiger partial charge in [0.25, 0.3) is 5.91 Å². The number of anilines is 1. The van der Waals surface area contributed by atoms with Gasteiger partial charge in [0.15, 0.2) is 0 Å². The second-order valence-electron chi connectivity index (χ2n) is 7.36. The highest BCUT2D eigenvalue weighted by Gasteiger charge is 2.20. The number of benzene rings is 1. The van der Waals surface area contributed by atoms with Crippen LogP contribution in [-0.2, 0) is 6.54 Å². The van der Waals surface area contributed by atoms with Crippen LogP contribution < -0.4 is 11.1 Å². The van der Waals surface area contributed by atoms with Gasteiger partial charge in [0.05, 0.1) is 46.0 Å². The van der Waals surface area contributed by atoms with Crippen molar-refractivity contribution in [2.24, 2.45) is 5.73 Å². The van der Waals surface area contributed by atoms with Gasteiger partial charge >= 0.3 is 0 Å². The van der Waals surface area contributed by atoms with E-state index in [4.69, 9.17) is 11.0 Å². The van der Waals surface area contributed by atoms with Crippen molar-refractivity contribution in [2.75, 3.05) is 5.32 Å². The number of nitrogens with one attached hydrogen (secondary N) is 1.